The second-order valence-corrected chi connectivity index (χ2v) is 5.89. The number of rotatable bonds is 4. The lowest BCUT2D eigenvalue weighted by Gasteiger charge is -2.26. The van der Waals surface area contributed by atoms with Crippen LogP contribution >= 0.6 is 11.6 Å². The van der Waals surface area contributed by atoms with Gasteiger partial charge in [-0.25, -0.2) is 0 Å². The highest BCUT2D eigenvalue weighted by Crippen LogP contribution is 2.30. The molecule has 0 aliphatic rings. The zero-order valence-electron chi connectivity index (χ0n) is 12.5. The first-order chi connectivity index (χ1) is 9.82. The lowest BCUT2D eigenvalue weighted by molar-refractivity contribution is -0.126. The number of halogens is 1. The van der Waals surface area contributed by atoms with E-state index in [2.05, 4.69) is 15.5 Å². The zero-order valence-corrected chi connectivity index (χ0v) is 13.2. The number of aryl methyl sites for hydroxylation is 1. The number of nitrogens with zero attached hydrogens (tertiary/aromatic N) is 2. The van der Waals surface area contributed by atoms with Crippen LogP contribution in [0.15, 0.2) is 28.8 Å². The lowest BCUT2D eigenvalue weighted by Crippen LogP contribution is -2.41. The van der Waals surface area contributed by atoms with Crippen LogP contribution in [0.5, 0.6) is 0 Å². The monoisotopic (exact) mass is 307 g/mol. The topological polar surface area (TPSA) is 68.0 Å². The number of carbonyl (C=O) groups is 1. The largest absolute Gasteiger partial charge is 0.344 e. The molecule has 2 rings (SSSR count). The summed E-state index contributed by atoms with van der Waals surface area (Å²) in [5.41, 5.74) is 0.0138. The third-order valence-electron chi connectivity index (χ3n) is 3.38. The fourth-order valence-electron chi connectivity index (χ4n) is 2.02. The van der Waals surface area contributed by atoms with Gasteiger partial charge in [0.15, 0.2) is 5.82 Å². The number of benzene rings is 1. The Kier molecular flexibility index (Phi) is 4.32. The van der Waals surface area contributed by atoms with Crippen LogP contribution in [0, 0.1) is 6.92 Å². The van der Waals surface area contributed by atoms with Crippen molar-refractivity contribution in [2.45, 2.75) is 39.2 Å². The summed E-state index contributed by atoms with van der Waals surface area (Å²) in [5.74, 6) is 0.770. The maximum atomic E-state index is 12.5. The van der Waals surface area contributed by atoms with Crippen molar-refractivity contribution in [3.63, 3.8) is 0 Å². The van der Waals surface area contributed by atoms with Crippen molar-refractivity contribution < 1.29 is 9.32 Å². The minimum Gasteiger partial charge on any atom is -0.344 e. The number of hydrogen-bond acceptors (Lipinski definition) is 4. The fourth-order valence-corrected chi connectivity index (χ4v) is 2.39. The summed E-state index contributed by atoms with van der Waals surface area (Å²) in [6.45, 7) is 7.19. The third-order valence-corrected chi connectivity index (χ3v) is 3.71. The van der Waals surface area contributed by atoms with E-state index in [4.69, 9.17) is 16.1 Å². The van der Waals surface area contributed by atoms with E-state index in [1.165, 1.54) is 0 Å². The van der Waals surface area contributed by atoms with Crippen LogP contribution in [0.1, 0.15) is 44.1 Å². The van der Waals surface area contributed by atoms with Crippen molar-refractivity contribution in [2.24, 2.45) is 0 Å². The first-order valence-corrected chi connectivity index (χ1v) is 7.06. The summed E-state index contributed by atoms with van der Waals surface area (Å²) in [6, 6.07) is 6.96. The highest BCUT2D eigenvalue weighted by atomic mass is 35.5. The molecule has 0 aliphatic carbocycles. The third kappa shape index (κ3) is 3.24. The molecule has 0 bridgehead atoms. The molecule has 1 aromatic heterocycles. The van der Waals surface area contributed by atoms with Crippen molar-refractivity contribution in [1.82, 2.24) is 15.5 Å². The average molecular weight is 308 g/mol. The van der Waals surface area contributed by atoms with E-state index in [1.54, 1.807) is 19.9 Å². The summed E-state index contributed by atoms with van der Waals surface area (Å²) in [4.78, 5) is 16.7. The van der Waals surface area contributed by atoms with E-state index >= 15 is 0 Å². The smallest absolute Gasteiger partial charge is 0.248 e. The first-order valence-electron chi connectivity index (χ1n) is 6.68. The van der Waals surface area contributed by atoms with Crippen LogP contribution in [-0.2, 0) is 10.2 Å². The highest BCUT2D eigenvalue weighted by Gasteiger charge is 2.33. The SMILES string of the molecule is Cc1noc(C(C)NC(=O)C(C)(C)c2ccccc2Cl)n1. The number of nitrogens with one attached hydrogen (secondary N) is 1. The second-order valence-electron chi connectivity index (χ2n) is 5.48. The van der Waals surface area contributed by atoms with E-state index < -0.39 is 5.41 Å². The van der Waals surface area contributed by atoms with E-state index in [9.17, 15) is 4.79 Å². The molecule has 0 saturated carbocycles. The predicted molar refractivity (Wildman–Crippen MR) is 80.1 cm³/mol. The molecule has 0 saturated heterocycles. The van der Waals surface area contributed by atoms with Gasteiger partial charge in [0.2, 0.25) is 11.8 Å². The van der Waals surface area contributed by atoms with Crippen LogP contribution in [0.2, 0.25) is 5.02 Å². The van der Waals surface area contributed by atoms with E-state index in [0.29, 0.717) is 16.7 Å². The number of amides is 1. The molecule has 112 valence electrons. The summed E-state index contributed by atoms with van der Waals surface area (Å²) in [7, 11) is 0. The van der Waals surface area contributed by atoms with Gasteiger partial charge in [0, 0.05) is 5.02 Å². The van der Waals surface area contributed by atoms with Crippen LogP contribution in [0.25, 0.3) is 0 Å². The van der Waals surface area contributed by atoms with Gasteiger partial charge in [-0.3, -0.25) is 4.79 Å². The number of carbonyl (C=O) groups excluding carboxylic acids is 1. The molecule has 6 heteroatoms. The molecule has 1 amide bonds. The van der Waals surface area contributed by atoms with Crippen molar-refractivity contribution >= 4 is 17.5 Å². The van der Waals surface area contributed by atoms with Gasteiger partial charge in [-0.15, -0.1) is 0 Å². The molecule has 1 N–H and O–H groups in total. The Labute approximate surface area is 128 Å². The first kappa shape index (κ1) is 15.5. The highest BCUT2D eigenvalue weighted by molar-refractivity contribution is 6.31. The molecule has 1 heterocycles. The molecule has 0 spiro atoms. The van der Waals surface area contributed by atoms with Gasteiger partial charge in [0.1, 0.15) is 6.04 Å². The van der Waals surface area contributed by atoms with Crippen LogP contribution in [-0.4, -0.2) is 16.0 Å². The van der Waals surface area contributed by atoms with Gasteiger partial charge < -0.3 is 9.84 Å². The maximum absolute atomic E-state index is 12.5. The van der Waals surface area contributed by atoms with Gasteiger partial charge in [-0.2, -0.15) is 4.98 Å². The summed E-state index contributed by atoms with van der Waals surface area (Å²) < 4.78 is 5.07. The predicted octanol–water partition coefficient (Wildman–Crippen LogP) is 3.19. The summed E-state index contributed by atoms with van der Waals surface area (Å²) >= 11 is 6.19. The van der Waals surface area contributed by atoms with E-state index in [1.807, 2.05) is 32.0 Å². The molecular weight excluding hydrogens is 290 g/mol. The molecule has 5 nitrogen and oxygen atoms in total. The minimum absolute atomic E-state index is 0.154. The Hall–Kier alpha value is -1.88. The summed E-state index contributed by atoms with van der Waals surface area (Å²) in [6.07, 6.45) is 0. The minimum atomic E-state index is -0.762. The molecule has 21 heavy (non-hydrogen) atoms. The van der Waals surface area contributed by atoms with Gasteiger partial charge >= 0.3 is 0 Å². The van der Waals surface area contributed by atoms with Crippen molar-refractivity contribution in [3.05, 3.63) is 46.6 Å². The molecule has 1 unspecified atom stereocenters. The maximum Gasteiger partial charge on any atom is 0.248 e. The second kappa shape index (κ2) is 5.85. The lowest BCUT2D eigenvalue weighted by atomic mass is 9.83. The van der Waals surface area contributed by atoms with Gasteiger partial charge in [-0.1, -0.05) is 35.0 Å². The van der Waals surface area contributed by atoms with Crippen LogP contribution in [0.4, 0.5) is 0 Å². The molecular formula is C15H18ClN3O2. The van der Waals surface area contributed by atoms with Crippen molar-refractivity contribution in [1.29, 1.82) is 0 Å². The Bertz CT molecular complexity index is 652. The number of hydrogen-bond donors (Lipinski definition) is 1. The molecule has 0 fully saturated rings. The van der Waals surface area contributed by atoms with Gasteiger partial charge in [0.05, 0.1) is 5.41 Å². The normalized spacial score (nSPS) is 13.0. The average Bonchev–Trinajstić information content (AvgIpc) is 2.85. The van der Waals surface area contributed by atoms with Gasteiger partial charge in [-0.05, 0) is 39.3 Å². The summed E-state index contributed by atoms with van der Waals surface area (Å²) in [5, 5.41) is 7.17. The van der Waals surface area contributed by atoms with Gasteiger partial charge in [0.25, 0.3) is 0 Å². The molecule has 0 aliphatic heterocycles. The Balaban J connectivity index is 2.17. The van der Waals surface area contributed by atoms with Crippen LogP contribution in [0.3, 0.4) is 0 Å². The van der Waals surface area contributed by atoms with Crippen molar-refractivity contribution in [2.75, 3.05) is 0 Å². The molecule has 2 aromatic rings. The fraction of sp³-hybridized carbons (Fsp3) is 0.400. The standard InChI is InChI=1S/C15H18ClN3O2/c1-9(13-18-10(2)19-21-13)17-14(20)15(3,4)11-7-5-6-8-12(11)16/h5-9H,1-4H3,(H,17,20). The Morgan fingerprint density at radius 2 is 2.05 bits per heavy atom. The van der Waals surface area contributed by atoms with E-state index in [-0.39, 0.29) is 11.9 Å². The molecule has 1 aromatic carbocycles. The Morgan fingerprint density at radius 3 is 2.62 bits per heavy atom. The molecule has 0 radical (unpaired) electrons. The Morgan fingerprint density at radius 1 is 1.38 bits per heavy atom. The number of aromatic nitrogens is 2. The zero-order chi connectivity index (χ0) is 15.6. The van der Waals surface area contributed by atoms with Crippen LogP contribution < -0.4 is 5.32 Å². The quantitative estimate of drug-likeness (QED) is 0.942. The molecule has 1 atom stereocenters. The van der Waals surface area contributed by atoms with E-state index in [0.717, 1.165) is 5.56 Å². The van der Waals surface area contributed by atoms with Crippen molar-refractivity contribution in [3.8, 4) is 0 Å².